The maximum absolute atomic E-state index is 4.17. The molecule has 1 aromatic heterocycles. The third kappa shape index (κ3) is 2.65. The van der Waals surface area contributed by atoms with Gasteiger partial charge in [-0.1, -0.05) is 0 Å². The van der Waals surface area contributed by atoms with Gasteiger partial charge in [-0.3, -0.25) is 0 Å². The highest BCUT2D eigenvalue weighted by Gasteiger charge is 2.16. The maximum atomic E-state index is 4.17. The number of aryl methyl sites for hydroxylation is 1. The third-order valence-corrected chi connectivity index (χ3v) is 2.83. The Hall–Kier alpha value is -1.16. The molecule has 1 aromatic rings. The van der Waals surface area contributed by atoms with Gasteiger partial charge in [0.05, 0.1) is 5.69 Å². The molecule has 1 N–H and O–H groups in total. The number of rotatable bonds is 3. The second-order valence-electron chi connectivity index (χ2n) is 4.21. The molecule has 1 saturated heterocycles. The van der Waals surface area contributed by atoms with Crippen molar-refractivity contribution in [2.45, 2.75) is 25.8 Å². The summed E-state index contributed by atoms with van der Waals surface area (Å²) in [6.07, 6.45) is 2.56. The molecule has 0 amide bonds. The van der Waals surface area contributed by atoms with E-state index in [1.807, 2.05) is 19.1 Å². The quantitative estimate of drug-likeness (QED) is 0.800. The zero-order valence-corrected chi connectivity index (χ0v) is 9.40. The van der Waals surface area contributed by atoms with Gasteiger partial charge < -0.3 is 10.2 Å². The monoisotopic (exact) mass is 206 g/mol. The molecule has 2 rings (SSSR count). The van der Waals surface area contributed by atoms with Gasteiger partial charge in [-0.25, -0.2) is 0 Å². The second-order valence-corrected chi connectivity index (χ2v) is 4.21. The molecule has 0 radical (unpaired) electrons. The molecular formula is C11H18N4. The Morgan fingerprint density at radius 1 is 1.47 bits per heavy atom. The molecule has 0 spiro atoms. The highest BCUT2D eigenvalue weighted by atomic mass is 15.3. The van der Waals surface area contributed by atoms with Crippen molar-refractivity contribution in [3.8, 4) is 0 Å². The van der Waals surface area contributed by atoms with Crippen molar-refractivity contribution in [3.05, 3.63) is 17.8 Å². The minimum absolute atomic E-state index is 0.609. The lowest BCUT2D eigenvalue weighted by Crippen LogP contribution is -2.35. The summed E-state index contributed by atoms with van der Waals surface area (Å²) in [5, 5.41) is 11.7. The first-order valence-electron chi connectivity index (χ1n) is 5.50. The summed E-state index contributed by atoms with van der Waals surface area (Å²) in [4.78, 5) is 2.16. The zero-order chi connectivity index (χ0) is 10.7. The first-order chi connectivity index (χ1) is 7.25. The average Bonchev–Trinajstić information content (AvgIpc) is 2.71. The van der Waals surface area contributed by atoms with Crippen molar-refractivity contribution >= 4 is 5.82 Å². The van der Waals surface area contributed by atoms with Crippen LogP contribution in [-0.4, -0.2) is 36.4 Å². The minimum atomic E-state index is 0.609. The molecule has 0 saturated carbocycles. The molecule has 4 heteroatoms. The maximum Gasteiger partial charge on any atom is 0.151 e. The van der Waals surface area contributed by atoms with Crippen molar-refractivity contribution in [1.82, 2.24) is 15.5 Å². The first kappa shape index (κ1) is 10.4. The van der Waals surface area contributed by atoms with Gasteiger partial charge in [0, 0.05) is 19.6 Å². The van der Waals surface area contributed by atoms with Crippen LogP contribution in [-0.2, 0) is 0 Å². The Kier molecular flexibility index (Phi) is 3.16. The zero-order valence-electron chi connectivity index (χ0n) is 9.40. The Bertz CT molecular complexity index is 303. The molecule has 15 heavy (non-hydrogen) atoms. The van der Waals surface area contributed by atoms with Crippen LogP contribution >= 0.6 is 0 Å². The van der Waals surface area contributed by atoms with Crippen molar-refractivity contribution in [2.75, 3.05) is 25.0 Å². The van der Waals surface area contributed by atoms with Crippen LogP contribution < -0.4 is 10.2 Å². The highest BCUT2D eigenvalue weighted by molar-refractivity contribution is 5.36. The number of nitrogens with zero attached hydrogens (tertiary/aromatic N) is 3. The highest BCUT2D eigenvalue weighted by Crippen LogP contribution is 2.11. The number of anilines is 1. The molecule has 1 unspecified atom stereocenters. The molecule has 0 aromatic carbocycles. The van der Waals surface area contributed by atoms with Crippen molar-refractivity contribution in [1.29, 1.82) is 0 Å². The predicted octanol–water partition coefficient (Wildman–Crippen LogP) is 0.973. The summed E-state index contributed by atoms with van der Waals surface area (Å²) < 4.78 is 0. The lowest BCUT2D eigenvalue weighted by Gasteiger charge is -2.21. The second kappa shape index (κ2) is 4.57. The number of aromatic nitrogens is 2. The number of hydrogen-bond donors (Lipinski definition) is 1. The van der Waals surface area contributed by atoms with Crippen molar-refractivity contribution < 1.29 is 0 Å². The van der Waals surface area contributed by atoms with E-state index in [0.29, 0.717) is 6.04 Å². The van der Waals surface area contributed by atoms with Crippen molar-refractivity contribution in [2.24, 2.45) is 0 Å². The fourth-order valence-electron chi connectivity index (χ4n) is 1.93. The number of hydrogen-bond acceptors (Lipinski definition) is 4. The van der Waals surface area contributed by atoms with E-state index in [-0.39, 0.29) is 0 Å². The molecule has 1 atom stereocenters. The van der Waals surface area contributed by atoms with Crippen LogP contribution in [0.15, 0.2) is 12.1 Å². The Balaban J connectivity index is 1.94. The fourth-order valence-corrected chi connectivity index (χ4v) is 1.93. The van der Waals surface area contributed by atoms with E-state index in [1.165, 1.54) is 12.8 Å². The van der Waals surface area contributed by atoms with E-state index in [0.717, 1.165) is 24.6 Å². The predicted molar refractivity (Wildman–Crippen MR) is 61.1 cm³/mol. The Labute approximate surface area is 90.7 Å². The topological polar surface area (TPSA) is 41.0 Å². The lowest BCUT2D eigenvalue weighted by atomic mass is 10.2. The fraction of sp³-hybridized carbons (Fsp3) is 0.636. The van der Waals surface area contributed by atoms with E-state index in [1.54, 1.807) is 0 Å². The summed E-state index contributed by atoms with van der Waals surface area (Å²) in [6, 6.07) is 4.64. The SMILES string of the molecule is Cc1ccc(N(C)CC2CCCN2)nn1. The van der Waals surface area contributed by atoms with Gasteiger partial charge in [0.25, 0.3) is 0 Å². The van der Waals surface area contributed by atoms with Gasteiger partial charge in [-0.15, -0.1) is 5.10 Å². The molecule has 1 aliphatic rings. The van der Waals surface area contributed by atoms with Crippen LogP contribution in [0.2, 0.25) is 0 Å². The summed E-state index contributed by atoms with van der Waals surface area (Å²) in [7, 11) is 2.07. The van der Waals surface area contributed by atoms with E-state index >= 15 is 0 Å². The van der Waals surface area contributed by atoms with Gasteiger partial charge in [0.1, 0.15) is 0 Å². The van der Waals surface area contributed by atoms with Crippen LogP contribution in [0.4, 0.5) is 5.82 Å². The van der Waals surface area contributed by atoms with Gasteiger partial charge >= 0.3 is 0 Å². The average molecular weight is 206 g/mol. The molecular weight excluding hydrogens is 188 g/mol. The van der Waals surface area contributed by atoms with E-state index in [4.69, 9.17) is 0 Å². The van der Waals surface area contributed by atoms with Gasteiger partial charge in [0.15, 0.2) is 5.82 Å². The van der Waals surface area contributed by atoms with Crippen LogP contribution in [0.3, 0.4) is 0 Å². The summed E-state index contributed by atoms with van der Waals surface area (Å²) in [5.41, 5.74) is 0.964. The third-order valence-electron chi connectivity index (χ3n) is 2.83. The normalized spacial score (nSPS) is 20.5. The molecule has 4 nitrogen and oxygen atoms in total. The molecule has 0 bridgehead atoms. The largest absolute Gasteiger partial charge is 0.357 e. The van der Waals surface area contributed by atoms with Crippen LogP contribution in [0, 0.1) is 6.92 Å². The van der Waals surface area contributed by atoms with Gasteiger partial charge in [-0.05, 0) is 38.4 Å². The standard InChI is InChI=1S/C11H18N4/c1-9-5-6-11(14-13-9)15(2)8-10-4-3-7-12-10/h5-6,10,12H,3-4,7-8H2,1-2H3. The van der Waals surface area contributed by atoms with Crippen LogP contribution in [0.1, 0.15) is 18.5 Å². The van der Waals surface area contributed by atoms with Crippen LogP contribution in [0.5, 0.6) is 0 Å². The van der Waals surface area contributed by atoms with Gasteiger partial charge in [-0.2, -0.15) is 5.10 Å². The Morgan fingerprint density at radius 2 is 2.33 bits per heavy atom. The molecule has 1 aliphatic heterocycles. The van der Waals surface area contributed by atoms with E-state index in [9.17, 15) is 0 Å². The van der Waals surface area contributed by atoms with E-state index < -0.39 is 0 Å². The Morgan fingerprint density at radius 3 is 2.93 bits per heavy atom. The molecule has 1 fully saturated rings. The molecule has 2 heterocycles. The lowest BCUT2D eigenvalue weighted by molar-refractivity contribution is 0.596. The first-order valence-corrected chi connectivity index (χ1v) is 5.50. The van der Waals surface area contributed by atoms with E-state index in [2.05, 4.69) is 27.5 Å². The molecule has 0 aliphatic carbocycles. The molecule has 82 valence electrons. The summed E-state index contributed by atoms with van der Waals surface area (Å²) in [5.74, 6) is 0.953. The summed E-state index contributed by atoms with van der Waals surface area (Å²) in [6.45, 7) is 4.12. The van der Waals surface area contributed by atoms with Crippen molar-refractivity contribution in [3.63, 3.8) is 0 Å². The van der Waals surface area contributed by atoms with Gasteiger partial charge in [0.2, 0.25) is 0 Å². The number of likely N-dealkylation sites (N-methyl/N-ethyl adjacent to an activating group) is 1. The summed E-state index contributed by atoms with van der Waals surface area (Å²) >= 11 is 0. The van der Waals surface area contributed by atoms with Crippen LogP contribution in [0.25, 0.3) is 0 Å². The smallest absolute Gasteiger partial charge is 0.151 e. The minimum Gasteiger partial charge on any atom is -0.357 e. The number of nitrogens with one attached hydrogen (secondary N) is 1.